The second-order valence-corrected chi connectivity index (χ2v) is 4.22. The van der Waals surface area contributed by atoms with Crippen LogP contribution < -0.4 is 5.73 Å². The predicted octanol–water partition coefficient (Wildman–Crippen LogP) is 0.683. The number of nitrogens with two attached hydrogens (primary N) is 1. The Morgan fingerprint density at radius 2 is 2.46 bits per heavy atom. The Labute approximate surface area is 78.9 Å². The molecule has 2 atom stereocenters. The molecule has 1 rings (SSSR count). The summed E-state index contributed by atoms with van der Waals surface area (Å²) in [5.74, 6) is 0. The molecule has 0 aliphatic heterocycles. The number of nitrogen functional groups attached to an aromatic ring is 1. The number of aromatic nitrogens is 1. The van der Waals surface area contributed by atoms with E-state index in [0.717, 1.165) is 0 Å². The van der Waals surface area contributed by atoms with Crippen molar-refractivity contribution in [3.05, 3.63) is 18.5 Å². The molecule has 4 nitrogen and oxygen atoms in total. The van der Waals surface area contributed by atoms with E-state index in [-0.39, 0.29) is 0 Å². The second-order valence-electron chi connectivity index (χ2n) is 2.48. The van der Waals surface area contributed by atoms with Crippen LogP contribution in [-0.2, 0) is 10.8 Å². The summed E-state index contributed by atoms with van der Waals surface area (Å²) in [5.41, 5.74) is 5.91. The lowest BCUT2D eigenvalue weighted by Gasteiger charge is -2.05. The van der Waals surface area contributed by atoms with Gasteiger partial charge in [-0.3, -0.25) is 9.19 Å². The van der Waals surface area contributed by atoms with Crippen molar-refractivity contribution in [1.82, 2.24) is 4.98 Å². The maximum atomic E-state index is 11.6. The van der Waals surface area contributed by atoms with Crippen molar-refractivity contribution in [2.75, 3.05) is 5.73 Å². The first kappa shape index (κ1) is 9.68. The normalized spacial score (nSPS) is 14.5. The second kappa shape index (κ2) is 4.01. The molecule has 68 valence electrons. The molecule has 0 saturated carbocycles. The average Bonchev–Trinajstić information content (AvgIpc) is 2.16. The van der Waals surface area contributed by atoms with Gasteiger partial charge in [-0.1, -0.05) is 0 Å². The van der Waals surface area contributed by atoms with Gasteiger partial charge in [-0.25, -0.2) is 0 Å². The summed E-state index contributed by atoms with van der Waals surface area (Å²) in [6, 6.07) is 3.48. The number of pyridine rings is 1. The predicted molar refractivity (Wildman–Crippen MR) is 50.1 cm³/mol. The molecule has 0 fully saturated rings. The van der Waals surface area contributed by atoms with Crippen LogP contribution in [-0.4, -0.2) is 14.4 Å². The first-order valence-electron chi connectivity index (χ1n) is 3.66. The van der Waals surface area contributed by atoms with Gasteiger partial charge in [-0.05, 0) is 13.0 Å². The van der Waals surface area contributed by atoms with E-state index < -0.39 is 16.0 Å². The number of anilines is 1. The van der Waals surface area contributed by atoms with Gasteiger partial charge in [0.05, 0.1) is 33.6 Å². The van der Waals surface area contributed by atoms with Gasteiger partial charge >= 0.3 is 0 Å². The monoisotopic (exact) mass is 195 g/mol. The Kier molecular flexibility index (Phi) is 2.98. The SMILES string of the molecule is CC(C#N)S(=O)c1ccncc1N. The highest BCUT2D eigenvalue weighted by atomic mass is 32.2. The van der Waals surface area contributed by atoms with Crippen molar-refractivity contribution < 1.29 is 4.21 Å². The van der Waals surface area contributed by atoms with Gasteiger partial charge < -0.3 is 5.73 Å². The molecule has 1 heterocycles. The third kappa shape index (κ3) is 2.04. The molecule has 0 saturated heterocycles. The lowest BCUT2D eigenvalue weighted by Crippen LogP contribution is -2.10. The zero-order valence-electron chi connectivity index (χ0n) is 7.10. The molecule has 1 aromatic rings. The number of nitrogens with zero attached hydrogens (tertiary/aromatic N) is 2. The molecule has 0 aliphatic carbocycles. The Bertz CT molecular complexity index is 372. The molecule has 2 unspecified atom stereocenters. The van der Waals surface area contributed by atoms with E-state index in [2.05, 4.69) is 4.98 Å². The molecule has 0 radical (unpaired) electrons. The van der Waals surface area contributed by atoms with Gasteiger partial charge in [0.15, 0.2) is 0 Å². The third-order valence-electron chi connectivity index (χ3n) is 1.53. The molecule has 13 heavy (non-hydrogen) atoms. The van der Waals surface area contributed by atoms with Crippen LogP contribution in [0.15, 0.2) is 23.4 Å². The molecule has 0 amide bonds. The van der Waals surface area contributed by atoms with Gasteiger partial charge in [0.25, 0.3) is 0 Å². The molecule has 2 N–H and O–H groups in total. The maximum Gasteiger partial charge on any atom is 0.123 e. The standard InChI is InChI=1S/C8H9N3OS/c1-6(4-9)13(12)8-2-3-11-5-7(8)10/h2-3,5-6H,10H2,1H3. The summed E-state index contributed by atoms with van der Waals surface area (Å²) in [5, 5.41) is 8.01. The van der Waals surface area contributed by atoms with E-state index in [9.17, 15) is 4.21 Å². The van der Waals surface area contributed by atoms with E-state index in [0.29, 0.717) is 10.6 Å². The van der Waals surface area contributed by atoms with Crippen molar-refractivity contribution in [2.45, 2.75) is 17.1 Å². The lowest BCUT2D eigenvalue weighted by molar-refractivity contribution is 0.680. The van der Waals surface area contributed by atoms with E-state index in [1.165, 1.54) is 12.4 Å². The first-order valence-corrected chi connectivity index (χ1v) is 4.87. The molecule has 1 aromatic heterocycles. The highest BCUT2D eigenvalue weighted by molar-refractivity contribution is 7.86. The van der Waals surface area contributed by atoms with Crippen LogP contribution in [0.5, 0.6) is 0 Å². The number of hydrogen-bond acceptors (Lipinski definition) is 4. The fourth-order valence-electron chi connectivity index (χ4n) is 0.815. The topological polar surface area (TPSA) is 79.8 Å². The van der Waals surface area contributed by atoms with Crippen LogP contribution in [0.4, 0.5) is 5.69 Å². The fraction of sp³-hybridized carbons (Fsp3) is 0.250. The van der Waals surface area contributed by atoms with Gasteiger partial charge in [-0.15, -0.1) is 0 Å². The molecule has 0 aromatic carbocycles. The van der Waals surface area contributed by atoms with Crippen LogP contribution in [0.25, 0.3) is 0 Å². The molecule has 0 aliphatic rings. The largest absolute Gasteiger partial charge is 0.396 e. The van der Waals surface area contributed by atoms with Crippen LogP contribution in [0.1, 0.15) is 6.92 Å². The summed E-state index contributed by atoms with van der Waals surface area (Å²) in [6.07, 6.45) is 2.94. The molecular weight excluding hydrogens is 186 g/mol. The van der Waals surface area contributed by atoms with E-state index in [1.807, 2.05) is 6.07 Å². The molecule has 5 heteroatoms. The third-order valence-corrected chi connectivity index (χ3v) is 3.08. The summed E-state index contributed by atoms with van der Waals surface area (Å²) >= 11 is 0. The Morgan fingerprint density at radius 1 is 1.77 bits per heavy atom. The zero-order chi connectivity index (χ0) is 9.84. The minimum absolute atomic E-state index is 0.364. The Balaban J connectivity index is 3.04. The number of nitriles is 1. The number of rotatable bonds is 2. The van der Waals surface area contributed by atoms with Crippen molar-refractivity contribution in [2.24, 2.45) is 0 Å². The molecule has 0 spiro atoms. The van der Waals surface area contributed by atoms with E-state index in [4.69, 9.17) is 11.0 Å². The molecule has 0 bridgehead atoms. The summed E-state index contributed by atoms with van der Waals surface area (Å²) in [4.78, 5) is 4.25. The fourth-order valence-corrected chi connectivity index (χ4v) is 1.77. The minimum atomic E-state index is -1.37. The van der Waals surface area contributed by atoms with Gasteiger partial charge in [0, 0.05) is 6.20 Å². The Morgan fingerprint density at radius 3 is 3.00 bits per heavy atom. The van der Waals surface area contributed by atoms with Gasteiger partial charge in [0.1, 0.15) is 5.25 Å². The highest BCUT2D eigenvalue weighted by Crippen LogP contribution is 2.16. The van der Waals surface area contributed by atoms with Crippen molar-refractivity contribution >= 4 is 16.5 Å². The Hall–Kier alpha value is -1.41. The molecular formula is C8H9N3OS. The summed E-state index contributed by atoms with van der Waals surface area (Å²) < 4.78 is 11.6. The van der Waals surface area contributed by atoms with Crippen molar-refractivity contribution in [1.29, 1.82) is 5.26 Å². The van der Waals surface area contributed by atoms with E-state index >= 15 is 0 Å². The number of hydrogen-bond donors (Lipinski definition) is 1. The van der Waals surface area contributed by atoms with Crippen molar-refractivity contribution in [3.8, 4) is 6.07 Å². The van der Waals surface area contributed by atoms with Crippen LogP contribution in [0.3, 0.4) is 0 Å². The van der Waals surface area contributed by atoms with Crippen LogP contribution in [0, 0.1) is 11.3 Å². The minimum Gasteiger partial charge on any atom is -0.396 e. The van der Waals surface area contributed by atoms with Crippen molar-refractivity contribution in [3.63, 3.8) is 0 Å². The smallest absolute Gasteiger partial charge is 0.123 e. The first-order chi connectivity index (χ1) is 6.16. The van der Waals surface area contributed by atoms with Gasteiger partial charge in [-0.2, -0.15) is 5.26 Å². The highest BCUT2D eigenvalue weighted by Gasteiger charge is 2.14. The average molecular weight is 195 g/mol. The lowest BCUT2D eigenvalue weighted by atomic mass is 10.4. The summed E-state index contributed by atoms with van der Waals surface area (Å²) in [7, 11) is -1.37. The van der Waals surface area contributed by atoms with Gasteiger partial charge in [0.2, 0.25) is 0 Å². The van der Waals surface area contributed by atoms with Crippen LogP contribution >= 0.6 is 0 Å². The van der Waals surface area contributed by atoms with Crippen LogP contribution in [0.2, 0.25) is 0 Å². The van der Waals surface area contributed by atoms with E-state index in [1.54, 1.807) is 13.0 Å². The summed E-state index contributed by atoms with van der Waals surface area (Å²) in [6.45, 7) is 1.59. The quantitative estimate of drug-likeness (QED) is 0.752. The maximum absolute atomic E-state index is 11.6. The zero-order valence-corrected chi connectivity index (χ0v) is 7.91.